The molecule has 2 aromatic rings. The Balaban J connectivity index is 1.71. The Labute approximate surface area is 169 Å². The van der Waals surface area contributed by atoms with Crippen LogP contribution in [0, 0.1) is 0 Å². The fourth-order valence-electron chi connectivity index (χ4n) is 3.01. The van der Waals surface area contributed by atoms with Gasteiger partial charge in [-0.05, 0) is 55.8 Å². The first-order valence-corrected chi connectivity index (χ1v) is 9.31. The van der Waals surface area contributed by atoms with Crippen LogP contribution >= 0.6 is 0 Å². The van der Waals surface area contributed by atoms with Gasteiger partial charge in [-0.2, -0.15) is 0 Å². The normalized spacial score (nSPS) is 15.7. The number of carbonyl (C=O) groups is 2. The lowest BCUT2D eigenvalue weighted by atomic mass is 10.1. The molecule has 1 aliphatic rings. The monoisotopic (exact) mass is 396 g/mol. The molecule has 1 heterocycles. The van der Waals surface area contributed by atoms with Gasteiger partial charge in [-0.1, -0.05) is 6.07 Å². The smallest absolute Gasteiger partial charge is 0.267 e. The first-order chi connectivity index (χ1) is 13.9. The number of carbonyl (C=O) groups excluding carboxylic acids is 2. The Kier molecular flexibility index (Phi) is 6.07. The number of benzene rings is 2. The quantitative estimate of drug-likeness (QED) is 0.757. The number of fused-ring (bicyclic) bond motifs is 1. The Morgan fingerprint density at radius 3 is 2.76 bits per heavy atom. The SMILES string of the molecule is CCOc1ccc(/C=C/C(=O)Nc2ccc3c(c2)N(C)C(=O)C(C)O3)cc1OC. The molecule has 2 amide bonds. The highest BCUT2D eigenvalue weighted by molar-refractivity contribution is 6.04. The largest absolute Gasteiger partial charge is 0.493 e. The summed E-state index contributed by atoms with van der Waals surface area (Å²) in [6.07, 6.45) is 2.59. The fraction of sp³-hybridized carbons (Fsp3) is 0.273. The van der Waals surface area contributed by atoms with Gasteiger partial charge in [0.2, 0.25) is 5.91 Å². The summed E-state index contributed by atoms with van der Waals surface area (Å²) in [7, 11) is 3.26. The molecule has 7 heteroatoms. The Morgan fingerprint density at radius 1 is 1.24 bits per heavy atom. The van der Waals surface area contributed by atoms with Crippen molar-refractivity contribution in [3.8, 4) is 17.2 Å². The third kappa shape index (κ3) is 4.51. The van der Waals surface area contributed by atoms with Gasteiger partial charge in [-0.25, -0.2) is 0 Å². The van der Waals surface area contributed by atoms with Gasteiger partial charge in [-0.3, -0.25) is 9.59 Å². The van der Waals surface area contributed by atoms with Crippen LogP contribution in [0.5, 0.6) is 17.2 Å². The number of methoxy groups -OCH3 is 1. The van der Waals surface area contributed by atoms with Crippen LogP contribution in [-0.4, -0.2) is 38.7 Å². The van der Waals surface area contributed by atoms with Crippen molar-refractivity contribution in [1.82, 2.24) is 0 Å². The molecule has 3 rings (SSSR count). The van der Waals surface area contributed by atoms with Crippen molar-refractivity contribution in [2.45, 2.75) is 20.0 Å². The molecule has 0 fully saturated rings. The van der Waals surface area contributed by atoms with Gasteiger partial charge in [0.25, 0.3) is 5.91 Å². The molecule has 0 radical (unpaired) electrons. The number of hydrogen-bond acceptors (Lipinski definition) is 5. The van der Waals surface area contributed by atoms with Gasteiger partial charge in [0, 0.05) is 18.8 Å². The summed E-state index contributed by atoms with van der Waals surface area (Å²) in [5.74, 6) is 1.43. The lowest BCUT2D eigenvalue weighted by Crippen LogP contribution is -2.41. The number of anilines is 2. The predicted octanol–water partition coefficient (Wildman–Crippen LogP) is 3.49. The van der Waals surface area contributed by atoms with E-state index >= 15 is 0 Å². The van der Waals surface area contributed by atoms with Crippen LogP contribution < -0.4 is 24.4 Å². The molecule has 0 saturated heterocycles. The van der Waals surface area contributed by atoms with Crippen LogP contribution in [0.4, 0.5) is 11.4 Å². The zero-order valence-electron chi connectivity index (χ0n) is 16.9. The predicted molar refractivity (Wildman–Crippen MR) is 112 cm³/mol. The third-order valence-electron chi connectivity index (χ3n) is 4.48. The summed E-state index contributed by atoms with van der Waals surface area (Å²) < 4.78 is 16.4. The second-order valence-corrected chi connectivity index (χ2v) is 6.51. The molecular weight excluding hydrogens is 372 g/mol. The maximum absolute atomic E-state index is 12.3. The second-order valence-electron chi connectivity index (χ2n) is 6.51. The third-order valence-corrected chi connectivity index (χ3v) is 4.48. The summed E-state index contributed by atoms with van der Waals surface area (Å²) in [6.45, 7) is 4.15. The van der Waals surface area contributed by atoms with Crippen LogP contribution in [0.1, 0.15) is 19.4 Å². The molecule has 0 aromatic heterocycles. The molecule has 2 aromatic carbocycles. The number of likely N-dealkylation sites (N-methyl/N-ethyl adjacent to an activating group) is 1. The fourth-order valence-corrected chi connectivity index (χ4v) is 3.01. The topological polar surface area (TPSA) is 77.1 Å². The minimum absolute atomic E-state index is 0.134. The van der Waals surface area contributed by atoms with Crippen LogP contribution in [0.3, 0.4) is 0 Å². The van der Waals surface area contributed by atoms with E-state index < -0.39 is 6.10 Å². The number of nitrogens with one attached hydrogen (secondary N) is 1. The second kappa shape index (κ2) is 8.68. The zero-order chi connectivity index (χ0) is 21.0. The molecule has 152 valence electrons. The summed E-state index contributed by atoms with van der Waals surface area (Å²) in [6, 6.07) is 10.6. The highest BCUT2D eigenvalue weighted by Crippen LogP contribution is 2.35. The van der Waals surface area contributed by atoms with E-state index in [1.807, 2.05) is 13.0 Å². The highest BCUT2D eigenvalue weighted by Gasteiger charge is 2.28. The highest BCUT2D eigenvalue weighted by atomic mass is 16.5. The number of nitrogens with zero attached hydrogens (tertiary/aromatic N) is 1. The minimum atomic E-state index is -0.526. The average Bonchev–Trinajstić information content (AvgIpc) is 2.72. The van der Waals surface area contributed by atoms with E-state index in [1.165, 1.54) is 11.0 Å². The number of ether oxygens (including phenoxy) is 3. The van der Waals surface area contributed by atoms with E-state index in [-0.39, 0.29) is 11.8 Å². The molecule has 1 atom stereocenters. The van der Waals surface area contributed by atoms with Crippen molar-refractivity contribution in [3.05, 3.63) is 48.0 Å². The minimum Gasteiger partial charge on any atom is -0.493 e. The molecule has 1 unspecified atom stereocenters. The van der Waals surface area contributed by atoms with Gasteiger partial charge >= 0.3 is 0 Å². The Hall–Kier alpha value is -3.48. The van der Waals surface area contributed by atoms with Crippen LogP contribution in [0.2, 0.25) is 0 Å². The summed E-state index contributed by atoms with van der Waals surface area (Å²) in [4.78, 5) is 25.9. The summed E-state index contributed by atoms with van der Waals surface area (Å²) >= 11 is 0. The van der Waals surface area contributed by atoms with Gasteiger partial charge in [-0.15, -0.1) is 0 Å². The molecule has 7 nitrogen and oxygen atoms in total. The first-order valence-electron chi connectivity index (χ1n) is 9.31. The molecule has 1 aliphatic heterocycles. The standard InChI is InChI=1S/C22H24N2O5/c1-5-28-19-9-6-15(12-20(19)27-4)7-11-21(25)23-16-8-10-18-17(13-16)24(3)22(26)14(2)29-18/h6-14H,5H2,1-4H3,(H,23,25)/b11-7+. The maximum atomic E-state index is 12.3. The first kappa shape index (κ1) is 20.3. The molecule has 0 aliphatic carbocycles. The summed E-state index contributed by atoms with van der Waals surface area (Å²) in [5, 5.41) is 2.79. The van der Waals surface area contributed by atoms with Crippen molar-refractivity contribution in [2.24, 2.45) is 0 Å². The van der Waals surface area contributed by atoms with E-state index in [0.717, 1.165) is 5.56 Å². The van der Waals surface area contributed by atoms with E-state index in [4.69, 9.17) is 14.2 Å². The molecule has 1 N–H and O–H groups in total. The van der Waals surface area contributed by atoms with Crippen molar-refractivity contribution in [2.75, 3.05) is 31.0 Å². The molecule has 0 saturated carbocycles. The van der Waals surface area contributed by atoms with Crippen molar-refractivity contribution < 1.29 is 23.8 Å². The van der Waals surface area contributed by atoms with Gasteiger partial charge in [0.05, 0.1) is 19.4 Å². The maximum Gasteiger partial charge on any atom is 0.267 e. The molecular formula is C22H24N2O5. The van der Waals surface area contributed by atoms with E-state index in [0.29, 0.717) is 35.2 Å². The van der Waals surface area contributed by atoms with Crippen LogP contribution in [-0.2, 0) is 9.59 Å². The average molecular weight is 396 g/mol. The van der Waals surface area contributed by atoms with Gasteiger partial charge in [0.1, 0.15) is 5.75 Å². The number of amides is 2. The Bertz CT molecular complexity index is 954. The van der Waals surface area contributed by atoms with Crippen molar-refractivity contribution >= 4 is 29.3 Å². The van der Waals surface area contributed by atoms with Crippen molar-refractivity contribution in [1.29, 1.82) is 0 Å². The Morgan fingerprint density at radius 2 is 2.03 bits per heavy atom. The summed E-state index contributed by atoms with van der Waals surface area (Å²) in [5.41, 5.74) is 1.99. The van der Waals surface area contributed by atoms with Gasteiger partial charge < -0.3 is 24.4 Å². The lowest BCUT2D eigenvalue weighted by Gasteiger charge is -2.30. The van der Waals surface area contributed by atoms with Gasteiger partial charge in [0.15, 0.2) is 17.6 Å². The number of hydrogen-bond donors (Lipinski definition) is 1. The molecule has 29 heavy (non-hydrogen) atoms. The van der Waals surface area contributed by atoms with Crippen molar-refractivity contribution in [3.63, 3.8) is 0 Å². The van der Waals surface area contributed by atoms with E-state index in [2.05, 4.69) is 5.32 Å². The van der Waals surface area contributed by atoms with E-state index in [1.54, 1.807) is 57.5 Å². The lowest BCUT2D eigenvalue weighted by molar-refractivity contribution is -0.125. The zero-order valence-corrected chi connectivity index (χ0v) is 16.9. The van der Waals surface area contributed by atoms with Crippen LogP contribution in [0.15, 0.2) is 42.5 Å². The van der Waals surface area contributed by atoms with Crippen LogP contribution in [0.25, 0.3) is 6.08 Å². The number of rotatable bonds is 6. The molecule has 0 spiro atoms. The van der Waals surface area contributed by atoms with E-state index in [9.17, 15) is 9.59 Å². The molecule has 0 bridgehead atoms.